The van der Waals surface area contributed by atoms with Crippen molar-refractivity contribution in [3.8, 4) is 0 Å². The van der Waals surface area contributed by atoms with Crippen LogP contribution in [0.1, 0.15) is 10.4 Å². The second kappa shape index (κ2) is 5.53. The smallest absolute Gasteiger partial charge is 0.251 e. The van der Waals surface area contributed by atoms with Gasteiger partial charge in [0.1, 0.15) is 0 Å². The van der Waals surface area contributed by atoms with Gasteiger partial charge in [-0.25, -0.2) is 8.42 Å². The van der Waals surface area contributed by atoms with Crippen molar-refractivity contribution in [1.29, 1.82) is 0 Å². The molecule has 0 spiro atoms. The van der Waals surface area contributed by atoms with Gasteiger partial charge < -0.3 is 11.1 Å². The number of nitrogens with two attached hydrogens (primary N) is 1. The van der Waals surface area contributed by atoms with Crippen molar-refractivity contribution in [1.82, 2.24) is 5.32 Å². The molecule has 7 heteroatoms. The molecule has 0 fully saturated rings. The molecular weight excluding hydrogens is 320 g/mol. The van der Waals surface area contributed by atoms with E-state index in [4.69, 9.17) is 5.73 Å². The van der Waals surface area contributed by atoms with Gasteiger partial charge in [-0.1, -0.05) is 22.5 Å². The zero-order valence-corrected chi connectivity index (χ0v) is 12.1. The van der Waals surface area contributed by atoms with E-state index in [2.05, 4.69) is 27.8 Å². The van der Waals surface area contributed by atoms with Gasteiger partial charge >= 0.3 is 0 Å². The summed E-state index contributed by atoms with van der Waals surface area (Å²) in [6.45, 7) is 3.83. The first-order valence-electron chi connectivity index (χ1n) is 4.92. The summed E-state index contributed by atoms with van der Waals surface area (Å²) in [6, 6.07) is 4.02. The molecule has 0 heterocycles. The summed E-state index contributed by atoms with van der Waals surface area (Å²) in [7, 11) is -3.40. The molecule has 98 valence electrons. The predicted molar refractivity (Wildman–Crippen MR) is 74.4 cm³/mol. The van der Waals surface area contributed by atoms with Crippen LogP contribution in [0.25, 0.3) is 0 Å². The average molecular weight is 333 g/mol. The summed E-state index contributed by atoms with van der Waals surface area (Å²) < 4.78 is 23.4. The number of hydrogen-bond donors (Lipinski definition) is 2. The number of carbonyl (C=O) groups excluding carboxylic acids is 1. The molecule has 0 saturated carbocycles. The second-order valence-electron chi connectivity index (χ2n) is 3.76. The maximum atomic E-state index is 11.8. The highest BCUT2D eigenvalue weighted by atomic mass is 79.9. The van der Waals surface area contributed by atoms with Gasteiger partial charge in [-0.2, -0.15) is 0 Å². The first-order chi connectivity index (χ1) is 8.20. The SMILES string of the molecule is C=C(Br)CNC(=O)c1cc(N)cc(S(C)(=O)=O)c1. The topological polar surface area (TPSA) is 89.3 Å². The van der Waals surface area contributed by atoms with Gasteiger partial charge in [0.25, 0.3) is 5.91 Å². The maximum absolute atomic E-state index is 11.8. The molecule has 1 aromatic carbocycles. The highest BCUT2D eigenvalue weighted by Crippen LogP contribution is 2.16. The van der Waals surface area contributed by atoms with E-state index in [0.717, 1.165) is 6.26 Å². The van der Waals surface area contributed by atoms with Crippen LogP contribution in [0.2, 0.25) is 0 Å². The van der Waals surface area contributed by atoms with E-state index in [0.29, 0.717) is 4.48 Å². The number of nitrogens with one attached hydrogen (secondary N) is 1. The number of sulfone groups is 1. The Morgan fingerprint density at radius 3 is 2.56 bits per heavy atom. The van der Waals surface area contributed by atoms with Crippen LogP contribution in [-0.2, 0) is 9.84 Å². The van der Waals surface area contributed by atoms with E-state index >= 15 is 0 Å². The third-order valence-electron chi connectivity index (χ3n) is 2.06. The normalized spacial score (nSPS) is 11.0. The van der Waals surface area contributed by atoms with Crippen LogP contribution in [0.15, 0.2) is 34.2 Å². The lowest BCUT2D eigenvalue weighted by Gasteiger charge is -2.07. The molecule has 1 rings (SSSR count). The number of hydrogen-bond acceptors (Lipinski definition) is 4. The molecule has 0 aliphatic heterocycles. The van der Waals surface area contributed by atoms with Crippen molar-refractivity contribution in [3.63, 3.8) is 0 Å². The highest BCUT2D eigenvalue weighted by Gasteiger charge is 2.13. The molecule has 3 N–H and O–H groups in total. The van der Waals surface area contributed by atoms with Crippen LogP contribution >= 0.6 is 15.9 Å². The number of anilines is 1. The first kappa shape index (κ1) is 14.7. The van der Waals surface area contributed by atoms with Crippen molar-refractivity contribution in [3.05, 3.63) is 34.8 Å². The van der Waals surface area contributed by atoms with Crippen LogP contribution in [-0.4, -0.2) is 27.1 Å². The van der Waals surface area contributed by atoms with Crippen LogP contribution in [0, 0.1) is 0 Å². The standard InChI is InChI=1S/C11H13BrN2O3S/c1-7(12)6-14-11(15)8-3-9(13)5-10(4-8)18(2,16)17/h3-5H,1,6,13H2,2H3,(H,14,15). The lowest BCUT2D eigenvalue weighted by Crippen LogP contribution is -2.24. The molecule has 0 unspecified atom stereocenters. The molecule has 0 aliphatic carbocycles. The van der Waals surface area contributed by atoms with E-state index in [9.17, 15) is 13.2 Å². The molecular formula is C11H13BrN2O3S. The van der Waals surface area contributed by atoms with Crippen molar-refractivity contribution >= 4 is 37.4 Å². The summed E-state index contributed by atoms with van der Waals surface area (Å²) in [5.41, 5.74) is 6.00. The Labute approximate surface area is 114 Å². The van der Waals surface area contributed by atoms with Gasteiger partial charge in [-0.05, 0) is 18.2 Å². The van der Waals surface area contributed by atoms with Gasteiger partial charge in [0.2, 0.25) is 0 Å². The minimum atomic E-state index is -3.40. The van der Waals surface area contributed by atoms with Crippen molar-refractivity contribution in [2.75, 3.05) is 18.5 Å². The van der Waals surface area contributed by atoms with Crippen molar-refractivity contribution in [2.45, 2.75) is 4.90 Å². The lowest BCUT2D eigenvalue weighted by atomic mass is 10.2. The number of carbonyl (C=O) groups is 1. The third kappa shape index (κ3) is 4.15. The van der Waals surface area contributed by atoms with Crippen LogP contribution in [0.5, 0.6) is 0 Å². The Morgan fingerprint density at radius 1 is 1.44 bits per heavy atom. The Kier molecular flexibility index (Phi) is 4.53. The number of benzene rings is 1. The fourth-order valence-electron chi connectivity index (χ4n) is 1.25. The van der Waals surface area contributed by atoms with Crippen LogP contribution in [0.4, 0.5) is 5.69 Å². The van der Waals surface area contributed by atoms with E-state index < -0.39 is 15.7 Å². The zero-order chi connectivity index (χ0) is 13.9. The van der Waals surface area contributed by atoms with E-state index in [1.54, 1.807) is 0 Å². The van der Waals surface area contributed by atoms with Crippen molar-refractivity contribution in [2.24, 2.45) is 0 Å². The van der Waals surface area contributed by atoms with Gasteiger partial charge in [-0.15, -0.1) is 0 Å². The summed E-state index contributed by atoms with van der Waals surface area (Å²) in [5.74, 6) is -0.409. The molecule has 18 heavy (non-hydrogen) atoms. The second-order valence-corrected chi connectivity index (χ2v) is 6.90. The van der Waals surface area contributed by atoms with Crippen molar-refractivity contribution < 1.29 is 13.2 Å². The molecule has 0 saturated heterocycles. The highest BCUT2D eigenvalue weighted by molar-refractivity contribution is 9.11. The molecule has 0 aliphatic rings. The Balaban J connectivity index is 3.07. The third-order valence-corrected chi connectivity index (χ3v) is 3.43. The fraction of sp³-hybridized carbons (Fsp3) is 0.182. The summed E-state index contributed by atoms with van der Waals surface area (Å²) >= 11 is 3.11. The number of amides is 1. The van der Waals surface area contributed by atoms with E-state index in [1.807, 2.05) is 0 Å². The zero-order valence-electron chi connectivity index (χ0n) is 9.73. The first-order valence-corrected chi connectivity index (χ1v) is 7.60. The predicted octanol–water partition coefficient (Wildman–Crippen LogP) is 1.31. The Hall–Kier alpha value is -1.34. The fourth-order valence-corrected chi connectivity index (χ4v) is 2.08. The van der Waals surface area contributed by atoms with Crippen LogP contribution in [0.3, 0.4) is 0 Å². The summed E-state index contributed by atoms with van der Waals surface area (Å²) in [5, 5.41) is 2.57. The Morgan fingerprint density at radius 2 is 2.06 bits per heavy atom. The maximum Gasteiger partial charge on any atom is 0.251 e. The van der Waals surface area contributed by atoms with E-state index in [-0.39, 0.29) is 22.7 Å². The van der Waals surface area contributed by atoms with Gasteiger partial charge in [0, 0.05) is 28.5 Å². The molecule has 0 atom stereocenters. The largest absolute Gasteiger partial charge is 0.399 e. The molecule has 5 nitrogen and oxygen atoms in total. The average Bonchev–Trinajstić information content (AvgIpc) is 2.23. The van der Waals surface area contributed by atoms with Gasteiger partial charge in [-0.3, -0.25) is 4.79 Å². The molecule has 1 amide bonds. The summed E-state index contributed by atoms with van der Waals surface area (Å²) in [6.07, 6.45) is 1.06. The van der Waals surface area contributed by atoms with E-state index in [1.165, 1.54) is 18.2 Å². The number of rotatable bonds is 4. The minimum absolute atomic E-state index is 0.0188. The monoisotopic (exact) mass is 332 g/mol. The van der Waals surface area contributed by atoms with Gasteiger partial charge in [0.15, 0.2) is 9.84 Å². The quantitative estimate of drug-likeness (QED) is 0.813. The lowest BCUT2D eigenvalue weighted by molar-refractivity contribution is 0.0957. The number of halogens is 1. The molecule has 0 aromatic heterocycles. The summed E-state index contributed by atoms with van der Waals surface area (Å²) in [4.78, 5) is 11.8. The number of nitrogen functional groups attached to an aromatic ring is 1. The van der Waals surface area contributed by atoms with Crippen LogP contribution < -0.4 is 11.1 Å². The van der Waals surface area contributed by atoms with Gasteiger partial charge in [0.05, 0.1) is 4.90 Å². The Bertz CT molecular complexity index is 596. The molecule has 0 radical (unpaired) electrons. The minimum Gasteiger partial charge on any atom is -0.399 e. The molecule has 0 bridgehead atoms. The molecule has 1 aromatic rings.